The summed E-state index contributed by atoms with van der Waals surface area (Å²) in [7, 11) is 4.68. The Hall–Kier alpha value is -3.44. The first kappa shape index (κ1) is 20.8. The quantitative estimate of drug-likeness (QED) is 0.257. The minimum Gasteiger partial charge on any atom is -0.497 e. The maximum atomic E-state index is 13.0. The van der Waals surface area contributed by atoms with Gasteiger partial charge in [-0.3, -0.25) is 28.9 Å². The summed E-state index contributed by atoms with van der Waals surface area (Å²) < 4.78 is 8.19. The molecule has 0 radical (unpaired) electrons. The summed E-state index contributed by atoms with van der Waals surface area (Å²) in [6, 6.07) is 9.72. The van der Waals surface area contributed by atoms with Crippen LogP contribution in [0.25, 0.3) is 17.1 Å². The van der Waals surface area contributed by atoms with Gasteiger partial charge in [0.25, 0.3) is 11.6 Å². The minimum atomic E-state index is -0.535. The highest BCUT2D eigenvalue weighted by Crippen LogP contribution is 2.38. The van der Waals surface area contributed by atoms with Gasteiger partial charge in [0.1, 0.15) is 5.75 Å². The second-order valence-electron chi connectivity index (χ2n) is 6.77. The lowest BCUT2D eigenvalue weighted by atomic mass is 10.1. The Morgan fingerprint density at radius 1 is 1.10 bits per heavy atom. The number of carbonyl (C=O) groups excluding carboxylic acids is 1. The van der Waals surface area contributed by atoms with Gasteiger partial charge in [-0.1, -0.05) is 24.0 Å². The van der Waals surface area contributed by atoms with Gasteiger partial charge in [-0.05, 0) is 36.4 Å². The summed E-state index contributed by atoms with van der Waals surface area (Å²) in [5.41, 5.74) is 1.24. The molecule has 2 aromatic carbocycles. The average Bonchev–Trinajstić information content (AvgIpc) is 3.14. The number of hydrogen-bond acceptors (Lipinski definition) is 7. The molecule has 0 aliphatic carbocycles. The zero-order chi connectivity index (χ0) is 22.4. The molecule has 1 saturated heterocycles. The molecule has 0 spiro atoms. The van der Waals surface area contributed by atoms with E-state index in [1.165, 1.54) is 32.2 Å². The first-order valence-corrected chi connectivity index (χ1v) is 10.2. The van der Waals surface area contributed by atoms with E-state index in [1.807, 2.05) is 0 Å². The monoisotopic (exact) mass is 456 g/mol. The fourth-order valence-corrected chi connectivity index (χ4v) is 4.68. The number of imidazole rings is 1. The number of anilines is 1. The van der Waals surface area contributed by atoms with E-state index in [2.05, 4.69) is 0 Å². The number of benzene rings is 2. The molecule has 2 heterocycles. The normalized spacial score (nSPS) is 15.3. The third-order valence-corrected chi connectivity index (χ3v) is 6.33. The Balaban J connectivity index is 1.80. The van der Waals surface area contributed by atoms with Gasteiger partial charge in [0, 0.05) is 20.2 Å². The van der Waals surface area contributed by atoms with Crippen LogP contribution in [0.1, 0.15) is 5.56 Å². The van der Waals surface area contributed by atoms with Crippen LogP contribution in [-0.2, 0) is 18.9 Å². The number of ether oxygens (including phenoxy) is 1. The topological polar surface area (TPSA) is 99.6 Å². The second kappa shape index (κ2) is 7.67. The fourth-order valence-electron chi connectivity index (χ4n) is 3.39. The van der Waals surface area contributed by atoms with E-state index < -0.39 is 4.92 Å². The Morgan fingerprint density at radius 2 is 1.71 bits per heavy atom. The maximum Gasteiger partial charge on any atom is 0.328 e. The van der Waals surface area contributed by atoms with Crippen molar-refractivity contribution in [3.8, 4) is 5.75 Å². The number of nitro groups is 1. The van der Waals surface area contributed by atoms with Crippen LogP contribution in [0.4, 0.5) is 11.4 Å². The molecule has 1 fully saturated rings. The molecule has 9 nitrogen and oxygen atoms in total. The van der Waals surface area contributed by atoms with Gasteiger partial charge in [-0.2, -0.15) is 0 Å². The number of thioether (sulfide) groups is 1. The summed E-state index contributed by atoms with van der Waals surface area (Å²) in [5, 5.41) is 11.7. The van der Waals surface area contributed by atoms with Crippen molar-refractivity contribution in [1.82, 2.24) is 9.13 Å². The number of aromatic nitrogens is 2. The van der Waals surface area contributed by atoms with Crippen LogP contribution in [0.5, 0.6) is 5.75 Å². The van der Waals surface area contributed by atoms with Gasteiger partial charge < -0.3 is 4.74 Å². The molecule has 0 saturated carbocycles. The van der Waals surface area contributed by atoms with E-state index in [-0.39, 0.29) is 27.8 Å². The lowest BCUT2D eigenvalue weighted by Crippen LogP contribution is -2.27. The second-order valence-corrected chi connectivity index (χ2v) is 8.45. The molecule has 1 aliphatic rings. The van der Waals surface area contributed by atoms with Gasteiger partial charge in [0.15, 0.2) is 4.32 Å². The molecule has 1 aromatic heterocycles. The largest absolute Gasteiger partial charge is 0.497 e. The minimum absolute atomic E-state index is 0.205. The first-order valence-electron chi connectivity index (χ1n) is 8.98. The zero-order valence-corrected chi connectivity index (χ0v) is 18.3. The van der Waals surface area contributed by atoms with Crippen molar-refractivity contribution in [1.29, 1.82) is 0 Å². The highest BCUT2D eigenvalue weighted by atomic mass is 32.2. The summed E-state index contributed by atoms with van der Waals surface area (Å²) in [5.74, 6) is 0.263. The molecular formula is C20H16N4O5S2. The Labute approximate surface area is 185 Å². The predicted octanol–water partition coefficient (Wildman–Crippen LogP) is 3.20. The number of nitro benzene ring substituents is 1. The molecule has 0 N–H and O–H groups in total. The molecule has 1 aliphatic heterocycles. The van der Waals surface area contributed by atoms with E-state index in [0.717, 1.165) is 11.8 Å². The third-order valence-electron chi connectivity index (χ3n) is 5.03. The third kappa shape index (κ3) is 3.41. The Bertz CT molecular complexity index is 1350. The highest BCUT2D eigenvalue weighted by Gasteiger charge is 2.34. The summed E-state index contributed by atoms with van der Waals surface area (Å²) in [4.78, 5) is 38.0. The molecule has 11 heteroatoms. The number of amides is 1. The van der Waals surface area contributed by atoms with Crippen LogP contribution < -0.4 is 15.3 Å². The van der Waals surface area contributed by atoms with Crippen molar-refractivity contribution in [3.63, 3.8) is 0 Å². The number of fused-ring (bicyclic) bond motifs is 1. The smallest absolute Gasteiger partial charge is 0.328 e. The summed E-state index contributed by atoms with van der Waals surface area (Å²) in [6.45, 7) is 0. The fraction of sp³-hybridized carbons (Fsp3) is 0.150. The molecule has 3 aromatic rings. The number of hydrogen-bond donors (Lipinski definition) is 0. The first-order chi connectivity index (χ1) is 14.7. The van der Waals surface area contributed by atoms with Crippen LogP contribution in [-0.4, -0.2) is 31.4 Å². The zero-order valence-electron chi connectivity index (χ0n) is 16.7. The molecule has 0 atom stereocenters. The van der Waals surface area contributed by atoms with Crippen molar-refractivity contribution in [2.75, 3.05) is 12.0 Å². The highest BCUT2D eigenvalue weighted by molar-refractivity contribution is 8.27. The molecule has 4 rings (SSSR count). The number of thiocarbonyl (C=S) groups is 1. The van der Waals surface area contributed by atoms with Crippen LogP contribution >= 0.6 is 24.0 Å². The molecule has 158 valence electrons. The molecule has 0 bridgehead atoms. The standard InChI is InChI=1S/C20H16N4O5S2/c1-21-15-8-11(14(24(27)28)10-16(15)22(2)19(21)26)9-17-18(25)23(20(30)31-17)12-4-6-13(29-3)7-5-12/h4-10H,1-3H3/b17-9+. The number of nitrogens with zero attached hydrogens (tertiary/aromatic N) is 4. The number of carbonyl (C=O) groups is 1. The van der Waals surface area contributed by atoms with E-state index in [4.69, 9.17) is 17.0 Å². The molecule has 31 heavy (non-hydrogen) atoms. The van der Waals surface area contributed by atoms with E-state index in [1.54, 1.807) is 45.5 Å². The molecule has 0 unspecified atom stereocenters. The van der Waals surface area contributed by atoms with Crippen molar-refractivity contribution in [2.45, 2.75) is 0 Å². The number of aryl methyl sites for hydroxylation is 2. The van der Waals surface area contributed by atoms with Crippen LogP contribution in [0.2, 0.25) is 0 Å². The van der Waals surface area contributed by atoms with E-state index in [0.29, 0.717) is 26.8 Å². The summed E-state index contributed by atoms with van der Waals surface area (Å²) >= 11 is 6.43. The van der Waals surface area contributed by atoms with Gasteiger partial charge in [0.2, 0.25) is 0 Å². The van der Waals surface area contributed by atoms with Crippen molar-refractivity contribution in [2.24, 2.45) is 14.1 Å². The Kier molecular flexibility index (Phi) is 5.15. The van der Waals surface area contributed by atoms with Crippen LogP contribution in [0.15, 0.2) is 46.1 Å². The maximum absolute atomic E-state index is 13.0. The molecule has 1 amide bonds. The lowest BCUT2D eigenvalue weighted by molar-refractivity contribution is -0.385. The number of rotatable bonds is 4. The predicted molar refractivity (Wildman–Crippen MR) is 123 cm³/mol. The Morgan fingerprint density at radius 3 is 2.29 bits per heavy atom. The van der Waals surface area contributed by atoms with Crippen LogP contribution in [0, 0.1) is 10.1 Å². The van der Waals surface area contributed by atoms with Crippen LogP contribution in [0.3, 0.4) is 0 Å². The van der Waals surface area contributed by atoms with Crippen molar-refractivity contribution in [3.05, 3.63) is 67.5 Å². The van der Waals surface area contributed by atoms with Gasteiger partial charge in [0.05, 0.1) is 39.2 Å². The van der Waals surface area contributed by atoms with Gasteiger partial charge in [-0.25, -0.2) is 4.79 Å². The lowest BCUT2D eigenvalue weighted by Gasteiger charge is -2.14. The van der Waals surface area contributed by atoms with Gasteiger partial charge >= 0.3 is 5.69 Å². The average molecular weight is 457 g/mol. The van der Waals surface area contributed by atoms with Gasteiger partial charge in [-0.15, -0.1) is 0 Å². The van der Waals surface area contributed by atoms with E-state index >= 15 is 0 Å². The SMILES string of the molecule is COc1ccc(N2C(=O)/C(=C\c3cc4c(cc3[N+](=O)[O-])n(C)c(=O)n4C)SC2=S)cc1. The number of methoxy groups -OCH3 is 1. The van der Waals surface area contributed by atoms with E-state index in [9.17, 15) is 19.7 Å². The molecular weight excluding hydrogens is 440 g/mol. The van der Waals surface area contributed by atoms with Crippen molar-refractivity contribution >= 4 is 62.7 Å². The van der Waals surface area contributed by atoms with Crippen molar-refractivity contribution < 1.29 is 14.5 Å². The summed E-state index contributed by atoms with van der Waals surface area (Å²) in [6.07, 6.45) is 1.44.